The molecule has 2 aromatic carbocycles. The summed E-state index contributed by atoms with van der Waals surface area (Å²) in [4.78, 5) is 12.4. The summed E-state index contributed by atoms with van der Waals surface area (Å²) in [5, 5.41) is 13.1. The number of amides is 1. The number of hydrogen-bond acceptors (Lipinski definition) is 2. The molecule has 3 rings (SSSR count). The first-order valence-electron chi connectivity index (χ1n) is 7.40. The average Bonchev–Trinajstić information content (AvgIpc) is 3.35. The van der Waals surface area contributed by atoms with Crippen LogP contribution in [0.15, 0.2) is 54.6 Å². The van der Waals surface area contributed by atoms with Gasteiger partial charge in [0.05, 0.1) is 12.6 Å². The van der Waals surface area contributed by atoms with Crippen LogP contribution in [0.25, 0.3) is 0 Å². The molecule has 0 bridgehead atoms. The molecule has 2 N–H and O–H groups in total. The molecule has 1 aliphatic rings. The Balaban J connectivity index is 1.63. The van der Waals surface area contributed by atoms with Gasteiger partial charge in [0.25, 0.3) is 0 Å². The van der Waals surface area contributed by atoms with Crippen molar-refractivity contribution in [3.05, 3.63) is 70.7 Å². The number of aliphatic hydroxyl groups excluding tert-OH is 1. The van der Waals surface area contributed by atoms with Gasteiger partial charge in [0, 0.05) is 10.9 Å². The minimum absolute atomic E-state index is 0.00264. The third kappa shape index (κ3) is 3.32. The Morgan fingerprint density at radius 1 is 1.18 bits per heavy atom. The molecule has 0 radical (unpaired) electrons. The van der Waals surface area contributed by atoms with E-state index in [9.17, 15) is 9.90 Å². The third-order valence-electron chi connectivity index (χ3n) is 4.13. The van der Waals surface area contributed by atoms with Crippen molar-refractivity contribution in [1.29, 1.82) is 0 Å². The topological polar surface area (TPSA) is 49.3 Å². The van der Waals surface area contributed by atoms with Gasteiger partial charge in [-0.3, -0.25) is 4.79 Å². The second-order valence-electron chi connectivity index (χ2n) is 5.65. The molecule has 22 heavy (non-hydrogen) atoms. The molecule has 1 saturated carbocycles. The van der Waals surface area contributed by atoms with Crippen LogP contribution in [0, 0.1) is 5.92 Å². The van der Waals surface area contributed by atoms with Crippen LogP contribution >= 0.6 is 11.6 Å². The first-order chi connectivity index (χ1) is 10.7. The minimum Gasteiger partial charge on any atom is -0.394 e. The maximum absolute atomic E-state index is 12.4. The molecule has 114 valence electrons. The summed E-state index contributed by atoms with van der Waals surface area (Å²) in [6, 6.07) is 16.9. The zero-order valence-corrected chi connectivity index (χ0v) is 12.8. The summed E-state index contributed by atoms with van der Waals surface area (Å²) >= 11 is 5.86. The van der Waals surface area contributed by atoms with E-state index < -0.39 is 0 Å². The maximum atomic E-state index is 12.4. The van der Waals surface area contributed by atoms with Crippen molar-refractivity contribution < 1.29 is 9.90 Å². The SMILES string of the molecule is O=C(NC(CO)c1ccc(Cl)cc1)C1CC1c1ccccc1. The van der Waals surface area contributed by atoms with E-state index in [4.69, 9.17) is 11.6 Å². The van der Waals surface area contributed by atoms with E-state index in [-0.39, 0.29) is 24.5 Å². The van der Waals surface area contributed by atoms with Gasteiger partial charge in [-0.2, -0.15) is 0 Å². The predicted octanol–water partition coefficient (Wildman–Crippen LogP) is 3.29. The number of aliphatic hydroxyl groups is 1. The smallest absolute Gasteiger partial charge is 0.224 e. The van der Waals surface area contributed by atoms with Crippen molar-refractivity contribution in [1.82, 2.24) is 5.32 Å². The molecule has 1 fully saturated rings. The zero-order valence-electron chi connectivity index (χ0n) is 12.1. The Hall–Kier alpha value is -1.84. The second kappa shape index (κ2) is 6.51. The normalized spacial score (nSPS) is 21.2. The summed E-state index contributed by atoms with van der Waals surface area (Å²) in [5.74, 6) is 0.303. The van der Waals surface area contributed by atoms with E-state index in [0.717, 1.165) is 12.0 Å². The van der Waals surface area contributed by atoms with E-state index in [1.165, 1.54) is 5.56 Å². The molecule has 2 aromatic rings. The molecule has 1 aliphatic carbocycles. The Morgan fingerprint density at radius 2 is 1.86 bits per heavy atom. The highest BCUT2D eigenvalue weighted by molar-refractivity contribution is 6.30. The van der Waals surface area contributed by atoms with Crippen LogP contribution in [0.2, 0.25) is 5.02 Å². The molecule has 4 heteroatoms. The Kier molecular flexibility index (Phi) is 4.46. The number of carbonyl (C=O) groups is 1. The quantitative estimate of drug-likeness (QED) is 0.889. The summed E-state index contributed by atoms with van der Waals surface area (Å²) < 4.78 is 0. The maximum Gasteiger partial charge on any atom is 0.224 e. The summed E-state index contributed by atoms with van der Waals surface area (Å²) in [5.41, 5.74) is 2.06. The van der Waals surface area contributed by atoms with Crippen molar-refractivity contribution >= 4 is 17.5 Å². The fourth-order valence-electron chi connectivity index (χ4n) is 2.76. The molecule has 0 saturated heterocycles. The number of benzene rings is 2. The number of hydrogen-bond donors (Lipinski definition) is 2. The summed E-state index contributed by atoms with van der Waals surface area (Å²) in [6.45, 7) is -0.129. The number of nitrogens with one attached hydrogen (secondary N) is 1. The number of halogens is 1. The monoisotopic (exact) mass is 315 g/mol. The average molecular weight is 316 g/mol. The summed E-state index contributed by atoms with van der Waals surface area (Å²) in [6.07, 6.45) is 0.870. The highest BCUT2D eigenvalue weighted by Crippen LogP contribution is 2.47. The van der Waals surface area contributed by atoms with Gasteiger partial charge in [0.2, 0.25) is 5.91 Å². The van der Waals surface area contributed by atoms with Gasteiger partial charge >= 0.3 is 0 Å². The molecule has 3 atom stereocenters. The van der Waals surface area contributed by atoms with Crippen molar-refractivity contribution in [3.63, 3.8) is 0 Å². The molecule has 3 nitrogen and oxygen atoms in total. The van der Waals surface area contributed by atoms with Crippen LogP contribution in [-0.4, -0.2) is 17.6 Å². The van der Waals surface area contributed by atoms with E-state index in [0.29, 0.717) is 10.9 Å². The van der Waals surface area contributed by atoms with Crippen molar-refractivity contribution in [3.8, 4) is 0 Å². The lowest BCUT2D eigenvalue weighted by Crippen LogP contribution is -2.32. The first kappa shape index (κ1) is 15.1. The minimum atomic E-state index is -0.387. The molecular weight excluding hydrogens is 298 g/mol. The first-order valence-corrected chi connectivity index (χ1v) is 7.78. The lowest BCUT2D eigenvalue weighted by molar-refractivity contribution is -0.123. The van der Waals surface area contributed by atoms with Crippen LogP contribution in [-0.2, 0) is 4.79 Å². The van der Waals surface area contributed by atoms with Gasteiger partial charge in [-0.15, -0.1) is 0 Å². The standard InChI is InChI=1S/C18H18ClNO2/c19-14-8-6-13(7-9-14)17(11-21)20-18(22)16-10-15(16)12-4-2-1-3-5-12/h1-9,15-17,21H,10-11H2,(H,20,22). The van der Waals surface area contributed by atoms with E-state index in [1.807, 2.05) is 30.3 Å². The van der Waals surface area contributed by atoms with Gasteiger partial charge in [0.1, 0.15) is 0 Å². The van der Waals surface area contributed by atoms with Crippen molar-refractivity contribution in [2.24, 2.45) is 5.92 Å². The van der Waals surface area contributed by atoms with E-state index in [1.54, 1.807) is 12.1 Å². The van der Waals surface area contributed by atoms with Crippen LogP contribution in [0.4, 0.5) is 0 Å². The largest absolute Gasteiger partial charge is 0.394 e. The van der Waals surface area contributed by atoms with E-state index >= 15 is 0 Å². The molecule has 0 heterocycles. The van der Waals surface area contributed by atoms with Gasteiger partial charge in [0.15, 0.2) is 0 Å². The van der Waals surface area contributed by atoms with Crippen LogP contribution in [0.1, 0.15) is 29.5 Å². The molecule has 0 aromatic heterocycles. The van der Waals surface area contributed by atoms with Crippen LogP contribution in [0.3, 0.4) is 0 Å². The fraction of sp³-hybridized carbons (Fsp3) is 0.278. The fourth-order valence-corrected chi connectivity index (χ4v) is 2.89. The lowest BCUT2D eigenvalue weighted by Gasteiger charge is -2.17. The van der Waals surface area contributed by atoms with Crippen LogP contribution < -0.4 is 5.32 Å². The van der Waals surface area contributed by atoms with Crippen LogP contribution in [0.5, 0.6) is 0 Å². The number of carbonyl (C=O) groups excluding carboxylic acids is 1. The molecule has 1 amide bonds. The Bertz CT molecular complexity index is 642. The Labute approximate surface area is 134 Å². The lowest BCUT2D eigenvalue weighted by atomic mass is 10.1. The predicted molar refractivity (Wildman–Crippen MR) is 86.7 cm³/mol. The summed E-state index contributed by atoms with van der Waals surface area (Å²) in [7, 11) is 0. The van der Waals surface area contributed by atoms with Gasteiger partial charge in [-0.05, 0) is 35.6 Å². The molecule has 0 spiro atoms. The number of rotatable bonds is 5. The third-order valence-corrected chi connectivity index (χ3v) is 4.38. The second-order valence-corrected chi connectivity index (χ2v) is 6.09. The molecular formula is C18H18ClNO2. The van der Waals surface area contributed by atoms with Crippen molar-refractivity contribution in [2.45, 2.75) is 18.4 Å². The van der Waals surface area contributed by atoms with Gasteiger partial charge in [-0.25, -0.2) is 0 Å². The van der Waals surface area contributed by atoms with Gasteiger partial charge in [-0.1, -0.05) is 54.1 Å². The highest BCUT2D eigenvalue weighted by Gasteiger charge is 2.44. The van der Waals surface area contributed by atoms with Gasteiger partial charge < -0.3 is 10.4 Å². The van der Waals surface area contributed by atoms with Crippen molar-refractivity contribution in [2.75, 3.05) is 6.61 Å². The Morgan fingerprint density at radius 3 is 2.50 bits per heavy atom. The molecule has 3 unspecified atom stereocenters. The zero-order chi connectivity index (χ0) is 15.5. The molecule has 0 aliphatic heterocycles. The highest BCUT2D eigenvalue weighted by atomic mass is 35.5. The van der Waals surface area contributed by atoms with E-state index in [2.05, 4.69) is 17.4 Å².